The molecule has 0 spiro atoms. The molecule has 1 aromatic carbocycles. The second-order valence-corrected chi connectivity index (χ2v) is 6.84. The lowest BCUT2D eigenvalue weighted by molar-refractivity contribution is 0.0897. The van der Waals surface area contributed by atoms with Gasteiger partial charge in [0.15, 0.2) is 0 Å². The van der Waals surface area contributed by atoms with Crippen LogP contribution in [0.5, 0.6) is 0 Å². The number of halogens is 2. The minimum atomic E-state index is -0.286. The van der Waals surface area contributed by atoms with Crippen molar-refractivity contribution in [1.82, 2.24) is 5.32 Å². The second kappa shape index (κ2) is 5.31. The number of benzene rings is 1. The molecule has 0 aromatic heterocycles. The van der Waals surface area contributed by atoms with Crippen LogP contribution in [0.15, 0.2) is 27.1 Å². The molecule has 0 heterocycles. The van der Waals surface area contributed by atoms with E-state index in [0.29, 0.717) is 18.0 Å². The van der Waals surface area contributed by atoms with E-state index < -0.39 is 0 Å². The number of amides is 1. The number of carbonyl (C=O) groups is 1. The lowest BCUT2D eigenvalue weighted by Gasteiger charge is -2.29. The van der Waals surface area contributed by atoms with Gasteiger partial charge in [-0.3, -0.25) is 4.79 Å². The predicted octanol–water partition coefficient (Wildman–Crippen LogP) is 3.07. The number of nitrogens with one attached hydrogen (secondary N) is 1. The maximum absolute atomic E-state index is 12.2. The van der Waals surface area contributed by atoms with E-state index in [-0.39, 0.29) is 11.4 Å². The normalized spacial score (nSPS) is 18.2. The van der Waals surface area contributed by atoms with Crippen LogP contribution in [0.3, 0.4) is 0 Å². The van der Waals surface area contributed by atoms with Crippen LogP contribution in [-0.4, -0.2) is 18.0 Å². The largest absolute Gasteiger partial charge is 0.345 e. The van der Waals surface area contributed by atoms with Crippen LogP contribution in [0.2, 0.25) is 0 Å². The zero-order valence-corrected chi connectivity index (χ0v) is 13.3. The summed E-state index contributed by atoms with van der Waals surface area (Å²) in [5.74, 6) is 0.443. The third-order valence-corrected chi connectivity index (χ3v) is 4.34. The minimum Gasteiger partial charge on any atom is -0.345 e. The van der Waals surface area contributed by atoms with E-state index in [1.165, 1.54) is 0 Å². The van der Waals surface area contributed by atoms with Crippen molar-refractivity contribution in [3.63, 3.8) is 0 Å². The van der Waals surface area contributed by atoms with Crippen molar-refractivity contribution in [2.45, 2.75) is 25.3 Å². The second-order valence-electron chi connectivity index (χ2n) is 5.01. The highest BCUT2D eigenvalue weighted by Gasteiger charge is 2.41. The summed E-state index contributed by atoms with van der Waals surface area (Å²) in [7, 11) is 0. The van der Waals surface area contributed by atoms with Gasteiger partial charge in [0.2, 0.25) is 0 Å². The van der Waals surface area contributed by atoms with Gasteiger partial charge in [-0.1, -0.05) is 31.9 Å². The Balaban J connectivity index is 2.16. The van der Waals surface area contributed by atoms with Crippen LogP contribution in [-0.2, 0) is 0 Å². The maximum atomic E-state index is 12.2. The molecule has 0 saturated heterocycles. The minimum absolute atomic E-state index is 0.0724. The van der Waals surface area contributed by atoms with E-state index in [1.807, 2.05) is 25.1 Å². The van der Waals surface area contributed by atoms with Crippen molar-refractivity contribution in [1.29, 1.82) is 0 Å². The van der Waals surface area contributed by atoms with E-state index in [1.54, 1.807) is 0 Å². The topological polar surface area (TPSA) is 55.1 Å². The summed E-state index contributed by atoms with van der Waals surface area (Å²) in [5, 5.41) is 3.07. The van der Waals surface area contributed by atoms with Crippen molar-refractivity contribution in [2.75, 3.05) is 6.54 Å². The first kappa shape index (κ1) is 14.0. The molecule has 1 unspecified atom stereocenters. The Morgan fingerprint density at radius 1 is 1.39 bits per heavy atom. The third kappa shape index (κ3) is 3.13. The first-order valence-electron chi connectivity index (χ1n) is 5.93. The number of hydrogen-bond acceptors (Lipinski definition) is 2. The summed E-state index contributed by atoms with van der Waals surface area (Å²) < 4.78 is 1.76. The molecule has 1 amide bonds. The quantitative estimate of drug-likeness (QED) is 0.849. The summed E-state index contributed by atoms with van der Waals surface area (Å²) in [6.07, 6.45) is 2.30. The van der Waals surface area contributed by atoms with Gasteiger partial charge in [-0.05, 0) is 43.9 Å². The summed E-state index contributed by atoms with van der Waals surface area (Å²) in [6, 6.07) is 5.52. The van der Waals surface area contributed by atoms with Gasteiger partial charge < -0.3 is 11.1 Å². The van der Waals surface area contributed by atoms with Crippen molar-refractivity contribution in [3.05, 3.63) is 32.7 Å². The Morgan fingerprint density at radius 2 is 1.94 bits per heavy atom. The fraction of sp³-hybridized carbons (Fsp3) is 0.462. The van der Waals surface area contributed by atoms with Crippen LogP contribution in [0.4, 0.5) is 0 Å². The van der Waals surface area contributed by atoms with Gasteiger partial charge >= 0.3 is 0 Å². The van der Waals surface area contributed by atoms with E-state index in [4.69, 9.17) is 5.73 Å². The van der Waals surface area contributed by atoms with Crippen molar-refractivity contribution in [3.8, 4) is 0 Å². The molecule has 1 aliphatic rings. The number of hydrogen-bond donors (Lipinski definition) is 2. The number of rotatable bonds is 4. The molecule has 1 fully saturated rings. The van der Waals surface area contributed by atoms with Crippen LogP contribution < -0.4 is 11.1 Å². The first-order chi connectivity index (χ1) is 8.44. The zero-order valence-electron chi connectivity index (χ0n) is 10.2. The van der Waals surface area contributed by atoms with Crippen LogP contribution in [0.1, 0.15) is 30.1 Å². The highest BCUT2D eigenvalue weighted by atomic mass is 79.9. The Labute approximate surface area is 124 Å². The lowest BCUT2D eigenvalue weighted by atomic mass is 9.95. The molecule has 2 rings (SSSR count). The Kier molecular flexibility index (Phi) is 4.14. The molecule has 0 aliphatic heterocycles. The van der Waals surface area contributed by atoms with Gasteiger partial charge in [0.05, 0.1) is 5.54 Å². The van der Waals surface area contributed by atoms with Crippen molar-refractivity contribution >= 4 is 37.8 Å². The molecule has 5 heteroatoms. The van der Waals surface area contributed by atoms with E-state index >= 15 is 0 Å². The SMILES string of the molecule is CC(CN)(NC(=O)c1cc(Br)cc(Br)c1)C1CC1. The molecule has 1 aliphatic carbocycles. The zero-order chi connectivity index (χ0) is 13.3. The highest BCUT2D eigenvalue weighted by Crippen LogP contribution is 2.39. The van der Waals surface area contributed by atoms with Crippen LogP contribution >= 0.6 is 31.9 Å². The fourth-order valence-electron chi connectivity index (χ4n) is 2.06. The monoisotopic (exact) mass is 374 g/mol. The Hall–Kier alpha value is -0.390. The maximum Gasteiger partial charge on any atom is 0.251 e. The van der Waals surface area contributed by atoms with Gasteiger partial charge in [-0.25, -0.2) is 0 Å². The molecule has 18 heavy (non-hydrogen) atoms. The molecule has 1 atom stereocenters. The van der Waals surface area contributed by atoms with Crippen LogP contribution in [0.25, 0.3) is 0 Å². The van der Waals surface area contributed by atoms with Gasteiger partial charge in [-0.2, -0.15) is 0 Å². The standard InChI is InChI=1S/C13H16Br2N2O/c1-13(7-16,9-2-3-9)17-12(18)8-4-10(14)6-11(15)5-8/h4-6,9H,2-3,7,16H2,1H3,(H,17,18). The molecular weight excluding hydrogens is 360 g/mol. The smallest absolute Gasteiger partial charge is 0.251 e. The number of carbonyl (C=O) groups excluding carboxylic acids is 1. The molecule has 3 N–H and O–H groups in total. The van der Waals surface area contributed by atoms with E-state index in [0.717, 1.165) is 21.8 Å². The fourth-order valence-corrected chi connectivity index (χ4v) is 3.35. The molecular formula is C13H16Br2N2O. The van der Waals surface area contributed by atoms with Crippen LogP contribution in [0, 0.1) is 5.92 Å². The van der Waals surface area contributed by atoms with Gasteiger partial charge in [0, 0.05) is 21.1 Å². The van der Waals surface area contributed by atoms with Gasteiger partial charge in [-0.15, -0.1) is 0 Å². The summed E-state index contributed by atoms with van der Waals surface area (Å²) in [6.45, 7) is 2.49. The predicted molar refractivity (Wildman–Crippen MR) is 79.5 cm³/mol. The summed E-state index contributed by atoms with van der Waals surface area (Å²) in [4.78, 5) is 12.2. The molecule has 3 nitrogen and oxygen atoms in total. The van der Waals surface area contributed by atoms with E-state index in [2.05, 4.69) is 37.2 Å². The lowest BCUT2D eigenvalue weighted by Crippen LogP contribution is -2.53. The summed E-state index contributed by atoms with van der Waals surface area (Å²) in [5.41, 5.74) is 6.15. The molecule has 0 radical (unpaired) electrons. The molecule has 1 aromatic rings. The third-order valence-electron chi connectivity index (χ3n) is 3.43. The molecule has 0 bridgehead atoms. The van der Waals surface area contributed by atoms with Crippen molar-refractivity contribution < 1.29 is 4.79 Å². The average molecular weight is 376 g/mol. The van der Waals surface area contributed by atoms with Crippen molar-refractivity contribution in [2.24, 2.45) is 11.7 Å². The first-order valence-corrected chi connectivity index (χ1v) is 7.52. The van der Waals surface area contributed by atoms with Gasteiger partial charge in [0.25, 0.3) is 5.91 Å². The molecule has 98 valence electrons. The average Bonchev–Trinajstić information content (AvgIpc) is 3.11. The Bertz CT molecular complexity index is 454. The van der Waals surface area contributed by atoms with E-state index in [9.17, 15) is 4.79 Å². The summed E-state index contributed by atoms with van der Waals surface area (Å²) >= 11 is 6.77. The number of nitrogens with two attached hydrogens (primary N) is 1. The van der Waals surface area contributed by atoms with Gasteiger partial charge in [0.1, 0.15) is 0 Å². The Morgan fingerprint density at radius 3 is 2.39 bits per heavy atom. The molecule has 1 saturated carbocycles. The highest BCUT2D eigenvalue weighted by molar-refractivity contribution is 9.11.